The van der Waals surface area contributed by atoms with Crippen LogP contribution in [0.25, 0.3) is 11.3 Å². The Labute approximate surface area is 199 Å². The second kappa shape index (κ2) is 10.3. The molecule has 0 spiro atoms. The summed E-state index contributed by atoms with van der Waals surface area (Å²) >= 11 is 0. The van der Waals surface area contributed by atoms with Crippen LogP contribution >= 0.6 is 12.4 Å². The van der Waals surface area contributed by atoms with Crippen LogP contribution in [0.15, 0.2) is 35.2 Å². The van der Waals surface area contributed by atoms with E-state index in [2.05, 4.69) is 41.7 Å². The van der Waals surface area contributed by atoms with Crippen molar-refractivity contribution in [3.63, 3.8) is 0 Å². The van der Waals surface area contributed by atoms with E-state index in [1.165, 1.54) is 0 Å². The maximum atomic E-state index is 12.4. The summed E-state index contributed by atoms with van der Waals surface area (Å²) in [6, 6.07) is 6.15. The third kappa shape index (κ3) is 5.66. The third-order valence-corrected chi connectivity index (χ3v) is 5.50. The summed E-state index contributed by atoms with van der Waals surface area (Å²) in [7, 11) is 0. The van der Waals surface area contributed by atoms with Gasteiger partial charge in [-0.3, -0.25) is 4.79 Å². The molecule has 33 heavy (non-hydrogen) atoms. The molecule has 3 heterocycles. The monoisotopic (exact) mass is 471 g/mol. The van der Waals surface area contributed by atoms with Gasteiger partial charge < -0.3 is 20.1 Å². The number of nitrogens with one attached hydrogen (secondary N) is 2. The van der Waals surface area contributed by atoms with Gasteiger partial charge in [0.25, 0.3) is 0 Å². The van der Waals surface area contributed by atoms with Gasteiger partial charge in [0, 0.05) is 43.7 Å². The molecule has 0 atom stereocenters. The van der Waals surface area contributed by atoms with Gasteiger partial charge >= 0.3 is 11.8 Å². The number of rotatable bonds is 5. The van der Waals surface area contributed by atoms with E-state index in [4.69, 9.17) is 4.52 Å². The van der Waals surface area contributed by atoms with Crippen LogP contribution in [0.5, 0.6) is 0 Å². The molecule has 2 N–H and O–H groups in total. The largest absolute Gasteiger partial charge is 0.366 e. The number of amides is 1. The van der Waals surface area contributed by atoms with Gasteiger partial charge in [0.2, 0.25) is 0 Å². The van der Waals surface area contributed by atoms with Crippen LogP contribution in [0.4, 0.5) is 5.69 Å². The molecule has 10 heteroatoms. The second-order valence-electron chi connectivity index (χ2n) is 8.99. The molecule has 1 fully saturated rings. The maximum Gasteiger partial charge on any atom is 0.315 e. The molecule has 3 aromatic rings. The first-order chi connectivity index (χ1) is 15.3. The van der Waals surface area contributed by atoms with Gasteiger partial charge in [0.05, 0.1) is 17.6 Å². The Hall–Kier alpha value is -3.04. The van der Waals surface area contributed by atoms with E-state index >= 15 is 0 Å². The molecule has 0 saturated carbocycles. The van der Waals surface area contributed by atoms with Crippen molar-refractivity contribution in [1.82, 2.24) is 30.7 Å². The SMILES string of the molecule is Cc1cc(-c2ncncc2N2CCNCC2)ccc1CNC(=O)c1nc(C(C)(C)C)no1.Cl. The lowest BCUT2D eigenvalue weighted by Crippen LogP contribution is -2.43. The summed E-state index contributed by atoms with van der Waals surface area (Å²) in [5.41, 5.74) is 4.78. The highest BCUT2D eigenvalue weighted by Gasteiger charge is 2.24. The fourth-order valence-corrected chi connectivity index (χ4v) is 3.59. The Balaban J connectivity index is 0.00000306. The van der Waals surface area contributed by atoms with Crippen LogP contribution < -0.4 is 15.5 Å². The van der Waals surface area contributed by atoms with Crippen molar-refractivity contribution in [1.29, 1.82) is 0 Å². The van der Waals surface area contributed by atoms with Gasteiger partial charge in [-0.05, 0) is 24.1 Å². The predicted molar refractivity (Wildman–Crippen MR) is 129 cm³/mol. The van der Waals surface area contributed by atoms with Crippen LogP contribution in [-0.4, -0.2) is 52.2 Å². The summed E-state index contributed by atoms with van der Waals surface area (Å²) in [6.45, 7) is 12.0. The van der Waals surface area contributed by atoms with E-state index in [9.17, 15) is 4.79 Å². The number of benzene rings is 1. The molecule has 1 aromatic carbocycles. The van der Waals surface area contributed by atoms with E-state index < -0.39 is 0 Å². The first-order valence-corrected chi connectivity index (χ1v) is 10.8. The molecule has 0 aliphatic carbocycles. The predicted octanol–water partition coefficient (Wildman–Crippen LogP) is 2.89. The van der Waals surface area contributed by atoms with Crippen molar-refractivity contribution >= 4 is 24.0 Å². The fraction of sp³-hybridized carbons (Fsp3) is 0.435. The molecule has 0 bridgehead atoms. The standard InChI is InChI=1S/C23H29N7O2.ClH/c1-15-11-16(19-18(13-25-14-27-19)30-9-7-24-8-10-30)5-6-17(15)12-26-20(31)21-28-22(29-32-21)23(2,3)4;/h5-6,11,13-14,24H,7-10,12H2,1-4H3,(H,26,31);1H. The minimum atomic E-state index is -0.381. The summed E-state index contributed by atoms with van der Waals surface area (Å²) in [5.74, 6) is 0.104. The number of aromatic nitrogens is 4. The highest BCUT2D eigenvalue weighted by atomic mass is 35.5. The molecule has 0 unspecified atom stereocenters. The van der Waals surface area contributed by atoms with Crippen molar-refractivity contribution in [3.8, 4) is 11.3 Å². The van der Waals surface area contributed by atoms with E-state index in [0.29, 0.717) is 12.4 Å². The molecule has 9 nitrogen and oxygen atoms in total. The maximum absolute atomic E-state index is 12.4. The van der Waals surface area contributed by atoms with E-state index in [1.807, 2.05) is 46.0 Å². The highest BCUT2D eigenvalue weighted by molar-refractivity contribution is 5.89. The Morgan fingerprint density at radius 2 is 2.00 bits per heavy atom. The van der Waals surface area contributed by atoms with Crippen LogP contribution in [0.1, 0.15) is 48.4 Å². The lowest BCUT2D eigenvalue weighted by atomic mass is 9.96. The molecule has 1 saturated heterocycles. The van der Waals surface area contributed by atoms with Crippen LogP contribution in [0.2, 0.25) is 0 Å². The van der Waals surface area contributed by atoms with Gasteiger partial charge in [-0.15, -0.1) is 12.4 Å². The smallest absolute Gasteiger partial charge is 0.315 e. The van der Waals surface area contributed by atoms with Gasteiger partial charge in [-0.2, -0.15) is 4.98 Å². The number of carbonyl (C=O) groups is 1. The van der Waals surface area contributed by atoms with Gasteiger partial charge in [-0.1, -0.05) is 38.1 Å². The molecule has 1 amide bonds. The van der Waals surface area contributed by atoms with Crippen molar-refractivity contribution in [3.05, 3.63) is 53.6 Å². The fourth-order valence-electron chi connectivity index (χ4n) is 3.59. The Morgan fingerprint density at radius 3 is 2.67 bits per heavy atom. The van der Waals surface area contributed by atoms with Crippen LogP contribution in [0, 0.1) is 6.92 Å². The summed E-state index contributed by atoms with van der Waals surface area (Å²) in [5, 5.41) is 10.1. The lowest BCUT2D eigenvalue weighted by Gasteiger charge is -2.30. The molecular formula is C23H30ClN7O2. The minimum Gasteiger partial charge on any atom is -0.366 e. The molecule has 1 aliphatic heterocycles. The Bertz CT molecular complexity index is 1100. The normalized spacial score (nSPS) is 14.0. The number of hydrogen-bond donors (Lipinski definition) is 2. The zero-order chi connectivity index (χ0) is 22.7. The number of halogens is 1. The highest BCUT2D eigenvalue weighted by Crippen LogP contribution is 2.29. The number of anilines is 1. The number of aryl methyl sites for hydroxylation is 1. The first-order valence-electron chi connectivity index (χ1n) is 10.8. The molecule has 4 rings (SSSR count). The number of hydrogen-bond acceptors (Lipinski definition) is 8. The lowest BCUT2D eigenvalue weighted by molar-refractivity contribution is 0.0907. The molecular weight excluding hydrogens is 442 g/mol. The zero-order valence-corrected chi connectivity index (χ0v) is 20.2. The third-order valence-electron chi connectivity index (χ3n) is 5.50. The number of nitrogens with zero attached hydrogens (tertiary/aromatic N) is 5. The van der Waals surface area contributed by atoms with Crippen molar-refractivity contribution in [2.75, 3.05) is 31.1 Å². The van der Waals surface area contributed by atoms with Crippen LogP contribution in [-0.2, 0) is 12.0 Å². The Kier molecular flexibility index (Phi) is 7.65. The van der Waals surface area contributed by atoms with Gasteiger partial charge in [-0.25, -0.2) is 9.97 Å². The topological polar surface area (TPSA) is 109 Å². The van der Waals surface area contributed by atoms with E-state index in [1.54, 1.807) is 6.33 Å². The average molecular weight is 472 g/mol. The summed E-state index contributed by atoms with van der Waals surface area (Å²) in [6.07, 6.45) is 3.47. The number of piperazine rings is 1. The summed E-state index contributed by atoms with van der Waals surface area (Å²) in [4.78, 5) is 27.8. The Morgan fingerprint density at radius 1 is 1.24 bits per heavy atom. The van der Waals surface area contributed by atoms with E-state index in [0.717, 1.165) is 54.3 Å². The van der Waals surface area contributed by atoms with Crippen molar-refractivity contribution in [2.24, 2.45) is 0 Å². The second-order valence-corrected chi connectivity index (χ2v) is 8.99. The molecule has 0 radical (unpaired) electrons. The molecule has 2 aromatic heterocycles. The van der Waals surface area contributed by atoms with Crippen molar-refractivity contribution in [2.45, 2.75) is 39.7 Å². The molecule has 1 aliphatic rings. The van der Waals surface area contributed by atoms with Crippen molar-refractivity contribution < 1.29 is 9.32 Å². The quantitative estimate of drug-likeness (QED) is 0.584. The van der Waals surface area contributed by atoms with E-state index in [-0.39, 0.29) is 29.6 Å². The first kappa shape index (κ1) is 24.6. The van der Waals surface area contributed by atoms with Gasteiger partial charge in [0.1, 0.15) is 6.33 Å². The summed E-state index contributed by atoms with van der Waals surface area (Å²) < 4.78 is 5.12. The molecule has 176 valence electrons. The van der Waals surface area contributed by atoms with Gasteiger partial charge in [0.15, 0.2) is 5.82 Å². The average Bonchev–Trinajstić information content (AvgIpc) is 3.30. The number of carbonyl (C=O) groups excluding carboxylic acids is 1. The minimum absolute atomic E-state index is 0. The zero-order valence-electron chi connectivity index (χ0n) is 19.4. The van der Waals surface area contributed by atoms with Crippen LogP contribution in [0.3, 0.4) is 0 Å².